The second-order valence-electron chi connectivity index (χ2n) is 5.53. The first-order valence-electron chi connectivity index (χ1n) is 6.57. The third kappa shape index (κ3) is 1.82. The van der Waals surface area contributed by atoms with Gasteiger partial charge in [0.05, 0.1) is 23.5 Å². The van der Waals surface area contributed by atoms with Crippen LogP contribution in [0.3, 0.4) is 0 Å². The van der Waals surface area contributed by atoms with Crippen molar-refractivity contribution >= 4 is 11.6 Å². The molecule has 2 fully saturated rings. The molecule has 20 heavy (non-hydrogen) atoms. The van der Waals surface area contributed by atoms with Gasteiger partial charge in [-0.25, -0.2) is 0 Å². The fraction of sp³-hybridized carbons (Fsp3) is 0.500. The molecule has 1 aromatic rings. The van der Waals surface area contributed by atoms with Gasteiger partial charge in [-0.3, -0.25) is 14.6 Å². The number of carbonyl (C=O) groups is 1. The van der Waals surface area contributed by atoms with Crippen LogP contribution in [-0.4, -0.2) is 29.6 Å². The first-order valence-corrected chi connectivity index (χ1v) is 6.57. The Morgan fingerprint density at radius 1 is 1.25 bits per heavy atom. The van der Waals surface area contributed by atoms with E-state index in [-0.39, 0.29) is 18.3 Å². The van der Waals surface area contributed by atoms with Crippen molar-refractivity contribution in [2.75, 3.05) is 18.1 Å². The van der Waals surface area contributed by atoms with Gasteiger partial charge in [-0.2, -0.15) is 13.2 Å². The van der Waals surface area contributed by atoms with Crippen LogP contribution < -0.4 is 4.90 Å². The number of hydrogen-bond acceptors (Lipinski definition) is 2. The highest BCUT2D eigenvalue weighted by Crippen LogP contribution is 2.42. The van der Waals surface area contributed by atoms with Crippen LogP contribution in [0.25, 0.3) is 0 Å². The quantitative estimate of drug-likeness (QED) is 0.791. The maximum absolute atomic E-state index is 13.1. The lowest BCUT2D eigenvalue weighted by Gasteiger charge is -2.23. The molecule has 0 aliphatic carbocycles. The first kappa shape index (κ1) is 13.4. The molecule has 1 aromatic carbocycles. The number of rotatable bonds is 1. The highest BCUT2D eigenvalue weighted by Gasteiger charge is 2.52. The average Bonchev–Trinajstić information content (AvgIpc) is 2.86. The van der Waals surface area contributed by atoms with Crippen molar-refractivity contribution in [2.45, 2.75) is 31.5 Å². The molecule has 3 nitrogen and oxygen atoms in total. The maximum atomic E-state index is 13.1. The molecule has 1 atom stereocenters. The van der Waals surface area contributed by atoms with E-state index in [1.54, 1.807) is 0 Å². The second-order valence-corrected chi connectivity index (χ2v) is 5.53. The summed E-state index contributed by atoms with van der Waals surface area (Å²) in [6.07, 6.45) is -2.83. The largest absolute Gasteiger partial charge is 0.418 e. The Labute approximate surface area is 115 Å². The van der Waals surface area contributed by atoms with Crippen molar-refractivity contribution in [3.8, 4) is 0 Å². The Bertz CT molecular complexity index is 558. The summed E-state index contributed by atoms with van der Waals surface area (Å²) in [6, 6.07) is 5.26. The van der Waals surface area contributed by atoms with Gasteiger partial charge in [0.25, 0.3) is 0 Å². The summed E-state index contributed by atoms with van der Waals surface area (Å²) in [5.41, 5.74) is -1.43. The summed E-state index contributed by atoms with van der Waals surface area (Å²) < 4.78 is 39.2. The van der Waals surface area contributed by atoms with Gasteiger partial charge in [0, 0.05) is 6.54 Å². The fourth-order valence-electron chi connectivity index (χ4n) is 3.15. The molecule has 1 amide bonds. The molecule has 0 spiro atoms. The predicted molar refractivity (Wildman–Crippen MR) is 68.1 cm³/mol. The number of hydrogen-bond donors (Lipinski definition) is 0. The van der Waals surface area contributed by atoms with Crippen LogP contribution in [0, 0.1) is 0 Å². The van der Waals surface area contributed by atoms with E-state index in [1.165, 1.54) is 23.1 Å². The van der Waals surface area contributed by atoms with Crippen LogP contribution in [0.4, 0.5) is 18.9 Å². The number of benzene rings is 1. The number of halogens is 3. The summed E-state index contributed by atoms with van der Waals surface area (Å²) in [5, 5.41) is 0. The lowest BCUT2D eigenvalue weighted by molar-refractivity contribution is -0.137. The number of fused-ring (bicyclic) bond motifs is 1. The van der Waals surface area contributed by atoms with E-state index in [4.69, 9.17) is 0 Å². The SMILES string of the molecule is CC12CCCN1CN(c1ccccc1C(F)(F)F)C2=O. The first-order chi connectivity index (χ1) is 9.34. The molecule has 0 bridgehead atoms. The van der Waals surface area contributed by atoms with E-state index in [0.717, 1.165) is 19.0 Å². The molecule has 108 valence electrons. The van der Waals surface area contributed by atoms with E-state index in [9.17, 15) is 18.0 Å². The molecule has 0 radical (unpaired) electrons. The second kappa shape index (κ2) is 4.22. The predicted octanol–water partition coefficient (Wildman–Crippen LogP) is 2.86. The van der Waals surface area contributed by atoms with Crippen molar-refractivity contribution in [1.82, 2.24) is 4.90 Å². The Morgan fingerprint density at radius 3 is 2.60 bits per heavy atom. The Hall–Kier alpha value is -1.56. The lowest BCUT2D eigenvalue weighted by atomic mass is 9.99. The van der Waals surface area contributed by atoms with Gasteiger partial charge in [-0.05, 0) is 31.9 Å². The molecule has 2 saturated heterocycles. The third-order valence-corrected chi connectivity index (χ3v) is 4.31. The zero-order valence-electron chi connectivity index (χ0n) is 11.1. The summed E-state index contributed by atoms with van der Waals surface area (Å²) in [4.78, 5) is 15.7. The van der Waals surface area contributed by atoms with Gasteiger partial charge in [-0.1, -0.05) is 12.1 Å². The van der Waals surface area contributed by atoms with Gasteiger partial charge in [0.1, 0.15) is 0 Å². The van der Waals surface area contributed by atoms with Crippen molar-refractivity contribution in [3.63, 3.8) is 0 Å². The lowest BCUT2D eigenvalue weighted by Crippen LogP contribution is -2.41. The minimum Gasteiger partial charge on any atom is -0.297 e. The van der Waals surface area contributed by atoms with Crippen molar-refractivity contribution in [3.05, 3.63) is 29.8 Å². The van der Waals surface area contributed by atoms with E-state index >= 15 is 0 Å². The Morgan fingerprint density at radius 2 is 1.95 bits per heavy atom. The zero-order chi connectivity index (χ0) is 14.5. The van der Waals surface area contributed by atoms with Crippen LogP contribution in [-0.2, 0) is 11.0 Å². The van der Waals surface area contributed by atoms with Crippen molar-refractivity contribution in [2.24, 2.45) is 0 Å². The molecule has 2 aliphatic rings. The summed E-state index contributed by atoms with van der Waals surface area (Å²) in [7, 11) is 0. The van der Waals surface area contributed by atoms with Gasteiger partial charge in [0.15, 0.2) is 0 Å². The number of carbonyl (C=O) groups excluding carboxylic acids is 1. The molecule has 0 aromatic heterocycles. The van der Waals surface area contributed by atoms with Gasteiger partial charge in [0.2, 0.25) is 5.91 Å². The van der Waals surface area contributed by atoms with E-state index < -0.39 is 17.3 Å². The molecule has 2 heterocycles. The summed E-state index contributed by atoms with van der Waals surface area (Å²) >= 11 is 0. The maximum Gasteiger partial charge on any atom is 0.418 e. The highest BCUT2D eigenvalue weighted by molar-refractivity contribution is 6.02. The van der Waals surface area contributed by atoms with Crippen LogP contribution in [0.1, 0.15) is 25.3 Å². The molecule has 6 heteroatoms. The van der Waals surface area contributed by atoms with Crippen LogP contribution in [0.15, 0.2) is 24.3 Å². The average molecular weight is 284 g/mol. The minimum atomic E-state index is -4.45. The molecule has 0 saturated carbocycles. The van der Waals surface area contributed by atoms with Crippen molar-refractivity contribution < 1.29 is 18.0 Å². The topological polar surface area (TPSA) is 23.6 Å². The standard InChI is InChI=1S/C14H15F3N2O/c1-13-7-4-8-18(13)9-19(12(13)20)11-6-3-2-5-10(11)14(15,16)17/h2-3,5-6H,4,7-9H2,1H3. The Kier molecular flexibility index (Phi) is 2.83. The highest BCUT2D eigenvalue weighted by atomic mass is 19.4. The molecule has 0 N–H and O–H groups in total. The normalized spacial score (nSPS) is 27.2. The van der Waals surface area contributed by atoms with E-state index in [2.05, 4.69) is 0 Å². The van der Waals surface area contributed by atoms with Gasteiger partial charge >= 0.3 is 6.18 Å². The molecule has 1 unspecified atom stereocenters. The third-order valence-electron chi connectivity index (χ3n) is 4.31. The van der Waals surface area contributed by atoms with E-state index in [0.29, 0.717) is 6.42 Å². The number of para-hydroxylation sites is 1. The van der Waals surface area contributed by atoms with Crippen LogP contribution in [0.5, 0.6) is 0 Å². The van der Waals surface area contributed by atoms with Crippen LogP contribution in [0.2, 0.25) is 0 Å². The van der Waals surface area contributed by atoms with Crippen LogP contribution >= 0.6 is 0 Å². The minimum absolute atomic E-state index is 0.0411. The summed E-state index contributed by atoms with van der Waals surface area (Å²) in [5.74, 6) is -0.230. The monoisotopic (exact) mass is 284 g/mol. The van der Waals surface area contributed by atoms with E-state index in [1.807, 2.05) is 11.8 Å². The number of amides is 1. The number of alkyl halides is 3. The number of nitrogens with zero attached hydrogens (tertiary/aromatic N) is 2. The fourth-order valence-corrected chi connectivity index (χ4v) is 3.15. The summed E-state index contributed by atoms with van der Waals surface area (Å²) in [6.45, 7) is 2.81. The number of anilines is 1. The smallest absolute Gasteiger partial charge is 0.297 e. The molecule has 3 rings (SSSR count). The van der Waals surface area contributed by atoms with Gasteiger partial charge in [-0.15, -0.1) is 0 Å². The molecular weight excluding hydrogens is 269 g/mol. The molecule has 2 aliphatic heterocycles. The zero-order valence-corrected chi connectivity index (χ0v) is 11.1. The van der Waals surface area contributed by atoms with Crippen molar-refractivity contribution in [1.29, 1.82) is 0 Å². The molecular formula is C14H15F3N2O. The van der Waals surface area contributed by atoms with Gasteiger partial charge < -0.3 is 0 Å². The Balaban J connectivity index is 2.02.